The summed E-state index contributed by atoms with van der Waals surface area (Å²) >= 11 is 0. The van der Waals surface area contributed by atoms with E-state index in [2.05, 4.69) is 20.7 Å². The fourth-order valence-electron chi connectivity index (χ4n) is 2.89. The molecule has 0 radical (unpaired) electrons. The van der Waals surface area contributed by atoms with Gasteiger partial charge in [-0.25, -0.2) is 9.66 Å². The van der Waals surface area contributed by atoms with E-state index in [1.54, 1.807) is 18.5 Å². The van der Waals surface area contributed by atoms with Crippen LogP contribution in [0.5, 0.6) is 0 Å². The van der Waals surface area contributed by atoms with E-state index < -0.39 is 0 Å². The average Bonchev–Trinajstić information content (AvgIpc) is 2.70. The van der Waals surface area contributed by atoms with E-state index in [0.717, 1.165) is 22.5 Å². The lowest BCUT2D eigenvalue weighted by atomic mass is 10.1. The Labute approximate surface area is 168 Å². The van der Waals surface area contributed by atoms with Crippen molar-refractivity contribution in [1.29, 1.82) is 0 Å². The zero-order valence-electron chi connectivity index (χ0n) is 16.5. The van der Waals surface area contributed by atoms with Crippen LogP contribution in [0.25, 0.3) is 0 Å². The van der Waals surface area contributed by atoms with Gasteiger partial charge in [0.2, 0.25) is 5.91 Å². The van der Waals surface area contributed by atoms with Crippen LogP contribution in [0, 0.1) is 13.8 Å². The molecule has 0 saturated heterocycles. The molecule has 150 valence electrons. The van der Waals surface area contributed by atoms with Crippen LogP contribution < -0.4 is 22.0 Å². The minimum atomic E-state index is -0.249. The second-order valence-corrected chi connectivity index (χ2v) is 6.74. The van der Waals surface area contributed by atoms with Gasteiger partial charge in [0.25, 0.3) is 5.56 Å². The van der Waals surface area contributed by atoms with Gasteiger partial charge in [-0.3, -0.25) is 14.6 Å². The van der Waals surface area contributed by atoms with Gasteiger partial charge in [0.05, 0.1) is 18.7 Å². The maximum atomic E-state index is 12.8. The first-order valence-corrected chi connectivity index (χ1v) is 9.27. The van der Waals surface area contributed by atoms with Gasteiger partial charge in [-0.1, -0.05) is 12.1 Å². The summed E-state index contributed by atoms with van der Waals surface area (Å²) in [4.78, 5) is 33.6. The molecule has 0 aliphatic rings. The Balaban J connectivity index is 1.66. The van der Waals surface area contributed by atoms with Crippen molar-refractivity contribution in [3.63, 3.8) is 0 Å². The first-order chi connectivity index (χ1) is 13.9. The molecular formula is C21H24N6O2. The standard InChI is InChI=1S/C21H24N6O2/c1-14-8-10-27(25-13-17-5-3-4-9-23-17)21(29)18(14)11-20(28)24-12-16-6-7-19(22)26-15(16)2/h3-10,25H,11-13H2,1-2H3,(H2,22,26)(H,24,28). The maximum Gasteiger partial charge on any atom is 0.272 e. The molecule has 0 aliphatic carbocycles. The Morgan fingerprint density at radius 1 is 1.14 bits per heavy atom. The highest BCUT2D eigenvalue weighted by molar-refractivity contribution is 5.78. The molecule has 8 heteroatoms. The number of amides is 1. The van der Waals surface area contributed by atoms with Gasteiger partial charge in [-0.15, -0.1) is 0 Å². The number of carbonyl (C=O) groups excluding carboxylic acids is 1. The van der Waals surface area contributed by atoms with Gasteiger partial charge < -0.3 is 16.5 Å². The highest BCUT2D eigenvalue weighted by Gasteiger charge is 2.13. The molecule has 1 amide bonds. The zero-order chi connectivity index (χ0) is 20.8. The van der Waals surface area contributed by atoms with Crippen molar-refractivity contribution in [1.82, 2.24) is 20.0 Å². The number of aryl methyl sites for hydroxylation is 2. The number of rotatable bonds is 7. The Kier molecular flexibility index (Phi) is 6.23. The number of nitrogen functional groups attached to an aromatic ring is 1. The van der Waals surface area contributed by atoms with Crippen LogP contribution in [0.4, 0.5) is 5.82 Å². The maximum absolute atomic E-state index is 12.8. The Morgan fingerprint density at radius 2 is 1.97 bits per heavy atom. The summed E-state index contributed by atoms with van der Waals surface area (Å²) in [6.07, 6.45) is 3.35. The van der Waals surface area contributed by atoms with Crippen LogP contribution in [-0.4, -0.2) is 20.6 Å². The predicted octanol–water partition coefficient (Wildman–Crippen LogP) is 1.44. The number of nitrogens with one attached hydrogen (secondary N) is 2. The molecule has 0 fully saturated rings. The lowest BCUT2D eigenvalue weighted by Gasteiger charge is -2.13. The van der Waals surface area contributed by atoms with E-state index in [0.29, 0.717) is 24.5 Å². The lowest BCUT2D eigenvalue weighted by molar-refractivity contribution is -0.120. The summed E-state index contributed by atoms with van der Waals surface area (Å²) in [6.45, 7) is 4.39. The highest BCUT2D eigenvalue weighted by atomic mass is 16.2. The second-order valence-electron chi connectivity index (χ2n) is 6.74. The number of aromatic nitrogens is 3. The Bertz CT molecular complexity index is 1060. The van der Waals surface area contributed by atoms with Gasteiger partial charge in [0.1, 0.15) is 5.82 Å². The Hall–Kier alpha value is -3.68. The van der Waals surface area contributed by atoms with Crippen LogP contribution in [0.2, 0.25) is 0 Å². The number of nitrogens with two attached hydrogens (primary N) is 1. The van der Waals surface area contributed by atoms with E-state index in [-0.39, 0.29) is 17.9 Å². The van der Waals surface area contributed by atoms with E-state index in [9.17, 15) is 9.59 Å². The molecule has 29 heavy (non-hydrogen) atoms. The summed E-state index contributed by atoms with van der Waals surface area (Å²) in [6, 6.07) is 10.9. The average molecular weight is 392 g/mol. The largest absolute Gasteiger partial charge is 0.384 e. The second kappa shape index (κ2) is 9.01. The monoisotopic (exact) mass is 392 g/mol. The third-order valence-electron chi connectivity index (χ3n) is 4.61. The smallest absolute Gasteiger partial charge is 0.272 e. The van der Waals surface area contributed by atoms with Gasteiger partial charge in [0.15, 0.2) is 0 Å². The molecule has 3 aromatic heterocycles. The molecule has 0 atom stereocenters. The molecule has 0 saturated carbocycles. The van der Waals surface area contributed by atoms with Crippen LogP contribution in [0.15, 0.2) is 53.6 Å². The van der Waals surface area contributed by atoms with Crippen molar-refractivity contribution in [3.05, 3.63) is 87.2 Å². The zero-order valence-corrected chi connectivity index (χ0v) is 16.5. The molecule has 0 aliphatic heterocycles. The van der Waals surface area contributed by atoms with Crippen molar-refractivity contribution >= 4 is 11.7 Å². The molecule has 0 unspecified atom stereocenters. The summed E-state index contributed by atoms with van der Waals surface area (Å²) in [7, 11) is 0. The molecule has 3 aromatic rings. The van der Waals surface area contributed by atoms with Crippen molar-refractivity contribution in [3.8, 4) is 0 Å². The predicted molar refractivity (Wildman–Crippen MR) is 112 cm³/mol. The topological polar surface area (TPSA) is 115 Å². The third kappa shape index (κ3) is 5.19. The summed E-state index contributed by atoms with van der Waals surface area (Å²) in [5, 5.41) is 2.84. The van der Waals surface area contributed by atoms with Crippen LogP contribution in [0.1, 0.15) is 28.1 Å². The van der Waals surface area contributed by atoms with Crippen molar-refractivity contribution in [2.75, 3.05) is 11.2 Å². The SMILES string of the molecule is Cc1ccn(NCc2ccccn2)c(=O)c1CC(=O)NCc1ccc(N)nc1C. The minimum Gasteiger partial charge on any atom is -0.384 e. The minimum absolute atomic E-state index is 0.00176. The quantitative estimate of drug-likeness (QED) is 0.560. The molecule has 8 nitrogen and oxygen atoms in total. The van der Waals surface area contributed by atoms with Gasteiger partial charge >= 0.3 is 0 Å². The molecule has 0 aromatic carbocycles. The fourth-order valence-corrected chi connectivity index (χ4v) is 2.89. The molecule has 0 bridgehead atoms. The molecule has 0 spiro atoms. The van der Waals surface area contributed by atoms with Gasteiger partial charge in [0, 0.05) is 30.2 Å². The highest BCUT2D eigenvalue weighted by Crippen LogP contribution is 2.08. The number of pyridine rings is 3. The van der Waals surface area contributed by atoms with Crippen molar-refractivity contribution in [2.45, 2.75) is 33.4 Å². The number of anilines is 1. The third-order valence-corrected chi connectivity index (χ3v) is 4.61. The number of hydrogen-bond donors (Lipinski definition) is 3. The van der Waals surface area contributed by atoms with Crippen LogP contribution in [-0.2, 0) is 24.3 Å². The number of nitrogens with zero attached hydrogens (tertiary/aromatic N) is 3. The number of carbonyl (C=O) groups is 1. The first kappa shape index (κ1) is 20.1. The van der Waals surface area contributed by atoms with Crippen molar-refractivity contribution < 1.29 is 4.79 Å². The first-order valence-electron chi connectivity index (χ1n) is 9.27. The Morgan fingerprint density at radius 3 is 2.69 bits per heavy atom. The van der Waals surface area contributed by atoms with E-state index in [1.165, 1.54) is 4.68 Å². The summed E-state index contributed by atoms with van der Waals surface area (Å²) < 4.78 is 1.39. The summed E-state index contributed by atoms with van der Waals surface area (Å²) in [5.74, 6) is 0.208. The fraction of sp³-hybridized carbons (Fsp3) is 0.238. The lowest BCUT2D eigenvalue weighted by Crippen LogP contribution is -2.34. The summed E-state index contributed by atoms with van der Waals surface area (Å²) in [5.41, 5.74) is 12.1. The van der Waals surface area contributed by atoms with Gasteiger partial charge in [-0.05, 0) is 49.2 Å². The number of hydrogen-bond acceptors (Lipinski definition) is 6. The van der Waals surface area contributed by atoms with Crippen LogP contribution in [0.3, 0.4) is 0 Å². The molecule has 3 rings (SSSR count). The van der Waals surface area contributed by atoms with E-state index in [1.807, 2.05) is 44.2 Å². The van der Waals surface area contributed by atoms with Gasteiger partial charge in [-0.2, -0.15) is 0 Å². The molecule has 4 N–H and O–H groups in total. The van der Waals surface area contributed by atoms with E-state index in [4.69, 9.17) is 5.73 Å². The van der Waals surface area contributed by atoms with Crippen LogP contribution >= 0.6 is 0 Å². The normalized spacial score (nSPS) is 10.6. The molecular weight excluding hydrogens is 368 g/mol. The molecule has 3 heterocycles. The van der Waals surface area contributed by atoms with E-state index >= 15 is 0 Å². The van der Waals surface area contributed by atoms with Crippen molar-refractivity contribution in [2.24, 2.45) is 0 Å².